The van der Waals surface area contributed by atoms with Gasteiger partial charge in [-0.05, 0) is 48.7 Å². The van der Waals surface area contributed by atoms with E-state index in [9.17, 15) is 14.4 Å². The molecule has 196 valence electrons. The number of anilines is 1. The number of nitrogens with zero attached hydrogens (tertiary/aromatic N) is 1. The zero-order valence-corrected chi connectivity index (χ0v) is 21.5. The highest BCUT2D eigenvalue weighted by Gasteiger charge is 2.38. The molecular formula is C30H31N3O5. The molecular weight excluding hydrogens is 482 g/mol. The first kappa shape index (κ1) is 26.5. The van der Waals surface area contributed by atoms with Crippen molar-refractivity contribution in [1.29, 1.82) is 0 Å². The number of urea groups is 1. The molecule has 8 heteroatoms. The Morgan fingerprint density at radius 1 is 0.947 bits per heavy atom. The summed E-state index contributed by atoms with van der Waals surface area (Å²) in [6.45, 7) is 4.18. The maximum absolute atomic E-state index is 13.4. The van der Waals surface area contributed by atoms with E-state index >= 15 is 0 Å². The van der Waals surface area contributed by atoms with Gasteiger partial charge in [0, 0.05) is 12.2 Å². The van der Waals surface area contributed by atoms with Crippen LogP contribution < -0.4 is 15.4 Å². The van der Waals surface area contributed by atoms with Crippen molar-refractivity contribution in [3.63, 3.8) is 0 Å². The van der Waals surface area contributed by atoms with E-state index in [2.05, 4.69) is 10.6 Å². The predicted molar refractivity (Wildman–Crippen MR) is 145 cm³/mol. The summed E-state index contributed by atoms with van der Waals surface area (Å²) in [7, 11) is 0. The zero-order valence-electron chi connectivity index (χ0n) is 21.5. The molecule has 0 fully saturated rings. The highest BCUT2D eigenvalue weighted by Crippen LogP contribution is 2.37. The van der Waals surface area contributed by atoms with Gasteiger partial charge in [-0.15, -0.1) is 0 Å². The van der Waals surface area contributed by atoms with E-state index in [1.54, 1.807) is 48.2 Å². The van der Waals surface area contributed by atoms with Gasteiger partial charge in [-0.2, -0.15) is 0 Å². The zero-order chi connectivity index (χ0) is 26.9. The lowest BCUT2D eigenvalue weighted by atomic mass is 9.91. The lowest BCUT2D eigenvalue weighted by molar-refractivity contribution is -0.139. The van der Waals surface area contributed by atoms with Crippen LogP contribution in [0.5, 0.6) is 5.75 Å². The molecule has 3 amide bonds. The molecule has 0 aliphatic carbocycles. The summed E-state index contributed by atoms with van der Waals surface area (Å²) in [5.74, 6) is -0.252. The third-order valence-electron chi connectivity index (χ3n) is 5.93. The largest absolute Gasteiger partial charge is 0.484 e. The van der Waals surface area contributed by atoms with Crippen LogP contribution in [0.4, 0.5) is 10.5 Å². The maximum Gasteiger partial charge on any atom is 0.338 e. The van der Waals surface area contributed by atoms with E-state index in [4.69, 9.17) is 9.47 Å². The second-order valence-corrected chi connectivity index (χ2v) is 8.66. The van der Waals surface area contributed by atoms with Gasteiger partial charge in [0.15, 0.2) is 6.61 Å². The number of amides is 3. The summed E-state index contributed by atoms with van der Waals surface area (Å²) in [5.41, 5.74) is 2.74. The molecule has 0 aromatic heterocycles. The van der Waals surface area contributed by atoms with Crippen molar-refractivity contribution >= 4 is 29.3 Å². The molecule has 8 nitrogen and oxygen atoms in total. The predicted octanol–water partition coefficient (Wildman–Crippen LogP) is 5.15. The van der Waals surface area contributed by atoms with Gasteiger partial charge in [0.25, 0.3) is 5.91 Å². The fourth-order valence-corrected chi connectivity index (χ4v) is 4.33. The SMILES string of the molecule is CCCN1C(=O)NC(c2cccc(NC(=O)COc3ccccc3)c2)C(C(=O)OCC)=C1c1ccccc1. The number of para-hydroxylation sites is 1. The van der Waals surface area contributed by atoms with E-state index in [1.165, 1.54) is 0 Å². The molecule has 1 atom stereocenters. The van der Waals surface area contributed by atoms with Gasteiger partial charge >= 0.3 is 12.0 Å². The molecule has 0 spiro atoms. The van der Waals surface area contributed by atoms with Crippen molar-refractivity contribution in [3.05, 3.63) is 102 Å². The molecule has 3 aromatic rings. The van der Waals surface area contributed by atoms with Crippen molar-refractivity contribution in [2.75, 3.05) is 25.1 Å². The summed E-state index contributed by atoms with van der Waals surface area (Å²) in [4.78, 5) is 40.8. The van der Waals surface area contributed by atoms with Crippen molar-refractivity contribution in [1.82, 2.24) is 10.2 Å². The van der Waals surface area contributed by atoms with Gasteiger partial charge in [-0.1, -0.05) is 67.6 Å². The van der Waals surface area contributed by atoms with Gasteiger partial charge in [0.2, 0.25) is 0 Å². The fourth-order valence-electron chi connectivity index (χ4n) is 4.33. The molecule has 1 unspecified atom stereocenters. The van der Waals surface area contributed by atoms with Crippen molar-refractivity contribution in [3.8, 4) is 5.75 Å². The average Bonchev–Trinajstić information content (AvgIpc) is 2.94. The number of hydrogen-bond donors (Lipinski definition) is 2. The van der Waals surface area contributed by atoms with Crippen LogP contribution in [0.1, 0.15) is 37.4 Å². The Morgan fingerprint density at radius 2 is 1.66 bits per heavy atom. The molecule has 1 heterocycles. The van der Waals surface area contributed by atoms with Crippen LogP contribution in [0.25, 0.3) is 5.70 Å². The number of carbonyl (C=O) groups excluding carboxylic acids is 3. The van der Waals surface area contributed by atoms with Crippen LogP contribution >= 0.6 is 0 Å². The Morgan fingerprint density at radius 3 is 2.34 bits per heavy atom. The highest BCUT2D eigenvalue weighted by molar-refractivity contribution is 6.04. The second-order valence-electron chi connectivity index (χ2n) is 8.66. The summed E-state index contributed by atoms with van der Waals surface area (Å²) >= 11 is 0. The number of esters is 1. The smallest absolute Gasteiger partial charge is 0.338 e. The van der Waals surface area contributed by atoms with Gasteiger partial charge in [0.05, 0.1) is 23.9 Å². The van der Waals surface area contributed by atoms with Crippen LogP contribution in [-0.4, -0.2) is 42.6 Å². The molecule has 2 N–H and O–H groups in total. The molecule has 38 heavy (non-hydrogen) atoms. The summed E-state index contributed by atoms with van der Waals surface area (Å²) < 4.78 is 11.0. The van der Waals surface area contributed by atoms with Crippen LogP contribution in [-0.2, 0) is 14.3 Å². The number of benzene rings is 3. The number of ether oxygens (including phenoxy) is 2. The number of hydrogen-bond acceptors (Lipinski definition) is 5. The van der Waals surface area contributed by atoms with Crippen molar-refractivity contribution < 1.29 is 23.9 Å². The third-order valence-corrected chi connectivity index (χ3v) is 5.93. The Kier molecular flexibility index (Phi) is 8.77. The highest BCUT2D eigenvalue weighted by atomic mass is 16.5. The Bertz CT molecular complexity index is 1310. The molecule has 3 aromatic carbocycles. The summed E-state index contributed by atoms with van der Waals surface area (Å²) in [6.07, 6.45) is 0.705. The minimum absolute atomic E-state index is 0.160. The van der Waals surface area contributed by atoms with Gasteiger partial charge in [-0.25, -0.2) is 9.59 Å². The standard InChI is InChI=1S/C30H31N3O5/c1-3-18-33-28(21-12-7-5-8-13-21)26(29(35)37-4-2)27(32-30(33)36)22-14-11-15-23(19-22)31-25(34)20-38-24-16-9-6-10-17-24/h5-17,19,27H,3-4,18,20H2,1-2H3,(H,31,34)(H,32,36). The maximum atomic E-state index is 13.4. The molecule has 0 radical (unpaired) electrons. The van der Waals surface area contributed by atoms with Crippen molar-refractivity contribution in [2.24, 2.45) is 0 Å². The van der Waals surface area contributed by atoms with Gasteiger partial charge < -0.3 is 20.1 Å². The Balaban J connectivity index is 1.68. The molecule has 4 rings (SSSR count). The quantitative estimate of drug-likeness (QED) is 0.365. The van der Waals surface area contributed by atoms with E-state index in [-0.39, 0.29) is 25.2 Å². The van der Waals surface area contributed by atoms with Crippen molar-refractivity contribution in [2.45, 2.75) is 26.3 Å². The third kappa shape index (κ3) is 6.21. The summed E-state index contributed by atoms with van der Waals surface area (Å²) in [6, 6.07) is 24.4. The van der Waals surface area contributed by atoms with Crippen LogP contribution in [0.3, 0.4) is 0 Å². The number of nitrogens with one attached hydrogen (secondary N) is 2. The molecule has 1 aliphatic heterocycles. The first-order chi connectivity index (χ1) is 18.5. The number of carbonyl (C=O) groups is 3. The minimum Gasteiger partial charge on any atom is -0.484 e. The van der Waals surface area contributed by atoms with Crippen LogP contribution in [0.2, 0.25) is 0 Å². The Labute approximate surface area is 222 Å². The van der Waals surface area contributed by atoms with E-state index in [0.29, 0.717) is 41.2 Å². The minimum atomic E-state index is -0.776. The monoisotopic (exact) mass is 513 g/mol. The lowest BCUT2D eigenvalue weighted by Gasteiger charge is -2.37. The first-order valence-electron chi connectivity index (χ1n) is 12.6. The molecule has 0 bridgehead atoms. The average molecular weight is 514 g/mol. The van der Waals surface area contributed by atoms with Gasteiger partial charge in [0.1, 0.15) is 5.75 Å². The molecule has 0 saturated heterocycles. The summed E-state index contributed by atoms with van der Waals surface area (Å²) in [5, 5.41) is 5.80. The Hall–Kier alpha value is -4.59. The first-order valence-corrected chi connectivity index (χ1v) is 12.6. The number of rotatable bonds is 10. The second kappa shape index (κ2) is 12.6. The van der Waals surface area contributed by atoms with Gasteiger partial charge in [-0.3, -0.25) is 9.69 Å². The topological polar surface area (TPSA) is 97.0 Å². The molecule has 1 aliphatic rings. The van der Waals surface area contributed by atoms with E-state index in [1.807, 2.05) is 55.5 Å². The fraction of sp³-hybridized carbons (Fsp3) is 0.233. The normalized spacial score (nSPS) is 15.1. The van der Waals surface area contributed by atoms with E-state index < -0.39 is 12.0 Å². The lowest BCUT2D eigenvalue weighted by Crippen LogP contribution is -2.48. The molecule has 0 saturated carbocycles. The van der Waals surface area contributed by atoms with Crippen LogP contribution in [0, 0.1) is 0 Å². The van der Waals surface area contributed by atoms with Crippen LogP contribution in [0.15, 0.2) is 90.5 Å². The van der Waals surface area contributed by atoms with E-state index in [0.717, 1.165) is 5.56 Å².